The minimum absolute atomic E-state index is 0.0983. The van der Waals surface area contributed by atoms with Gasteiger partial charge >= 0.3 is 0 Å². The number of nitrogens with zero attached hydrogens (tertiary/aromatic N) is 2. The van der Waals surface area contributed by atoms with Crippen LogP contribution in [-0.4, -0.2) is 9.91 Å². The van der Waals surface area contributed by atoms with Crippen molar-refractivity contribution >= 4 is 28.0 Å². The Morgan fingerprint density at radius 2 is 2.05 bits per heavy atom. The Bertz CT molecular complexity index is 922. The molecule has 0 aliphatic carbocycles. The lowest BCUT2D eigenvalue weighted by molar-refractivity contribution is -0.384. The van der Waals surface area contributed by atoms with Gasteiger partial charge < -0.3 is 10.3 Å². The zero-order valence-electron chi connectivity index (χ0n) is 11.8. The van der Waals surface area contributed by atoms with E-state index in [0.717, 1.165) is 22.3 Å². The van der Waals surface area contributed by atoms with Crippen LogP contribution in [0.3, 0.4) is 0 Å². The zero-order valence-corrected chi connectivity index (χ0v) is 11.8. The summed E-state index contributed by atoms with van der Waals surface area (Å²) in [6, 6.07) is 14.0. The number of benzene rings is 2. The van der Waals surface area contributed by atoms with E-state index in [4.69, 9.17) is 5.26 Å². The molecule has 0 unspecified atom stereocenters. The number of fused-ring (bicyclic) bond motifs is 1. The Balaban J connectivity index is 1.97. The van der Waals surface area contributed by atoms with Gasteiger partial charge in [-0.25, -0.2) is 0 Å². The number of aryl methyl sites for hydroxylation is 1. The minimum Gasteiger partial charge on any atom is -0.359 e. The fraction of sp³-hybridized carbons (Fsp3) is 0.0625. The highest BCUT2D eigenvalue weighted by molar-refractivity contribution is 5.85. The zero-order chi connectivity index (χ0) is 15.7. The second-order valence-corrected chi connectivity index (χ2v) is 4.98. The van der Waals surface area contributed by atoms with Crippen LogP contribution in [0.4, 0.5) is 17.1 Å². The van der Waals surface area contributed by atoms with Crippen LogP contribution < -0.4 is 5.32 Å². The van der Waals surface area contributed by atoms with Crippen LogP contribution in [0.1, 0.15) is 11.3 Å². The summed E-state index contributed by atoms with van der Waals surface area (Å²) in [6.07, 6.45) is 0. The van der Waals surface area contributed by atoms with E-state index < -0.39 is 4.92 Å². The monoisotopic (exact) mass is 292 g/mol. The van der Waals surface area contributed by atoms with E-state index in [1.54, 1.807) is 6.07 Å². The van der Waals surface area contributed by atoms with Gasteiger partial charge in [0.05, 0.1) is 16.2 Å². The summed E-state index contributed by atoms with van der Waals surface area (Å²) in [5.74, 6) is 0. The van der Waals surface area contributed by atoms with Gasteiger partial charge in [-0.15, -0.1) is 0 Å². The molecule has 1 aromatic heterocycles. The van der Waals surface area contributed by atoms with Crippen molar-refractivity contribution in [1.29, 1.82) is 5.26 Å². The fourth-order valence-corrected chi connectivity index (χ4v) is 2.36. The number of nitrogens with one attached hydrogen (secondary N) is 2. The topological polar surface area (TPSA) is 94.8 Å². The summed E-state index contributed by atoms with van der Waals surface area (Å²) >= 11 is 0. The van der Waals surface area contributed by atoms with Gasteiger partial charge in [0.25, 0.3) is 5.69 Å². The molecule has 0 bridgehead atoms. The van der Waals surface area contributed by atoms with E-state index in [0.29, 0.717) is 5.69 Å². The number of aromatic nitrogens is 1. The molecule has 0 saturated carbocycles. The molecular weight excluding hydrogens is 280 g/mol. The Morgan fingerprint density at radius 3 is 2.77 bits per heavy atom. The van der Waals surface area contributed by atoms with Crippen LogP contribution in [0.15, 0.2) is 42.5 Å². The van der Waals surface area contributed by atoms with Crippen LogP contribution in [0.25, 0.3) is 10.9 Å². The highest BCUT2D eigenvalue weighted by Crippen LogP contribution is 2.27. The minimum atomic E-state index is -0.515. The normalized spacial score (nSPS) is 10.4. The molecule has 0 aliphatic heterocycles. The number of rotatable bonds is 3. The third-order valence-corrected chi connectivity index (χ3v) is 3.37. The number of anilines is 2. The molecule has 6 heteroatoms. The molecule has 22 heavy (non-hydrogen) atoms. The average Bonchev–Trinajstić information content (AvgIpc) is 2.86. The maximum atomic E-state index is 10.8. The van der Waals surface area contributed by atoms with Gasteiger partial charge in [-0.3, -0.25) is 10.1 Å². The summed E-state index contributed by atoms with van der Waals surface area (Å²) in [6.45, 7) is 1.98. The summed E-state index contributed by atoms with van der Waals surface area (Å²) in [5.41, 5.74) is 3.60. The molecule has 0 radical (unpaired) electrons. The van der Waals surface area contributed by atoms with Crippen LogP contribution >= 0.6 is 0 Å². The van der Waals surface area contributed by atoms with Crippen molar-refractivity contribution < 1.29 is 4.92 Å². The van der Waals surface area contributed by atoms with E-state index in [1.807, 2.05) is 37.3 Å². The quantitative estimate of drug-likeness (QED) is 0.563. The first-order chi connectivity index (χ1) is 10.6. The van der Waals surface area contributed by atoms with Crippen molar-refractivity contribution in [1.82, 2.24) is 4.98 Å². The maximum absolute atomic E-state index is 10.8. The smallest absolute Gasteiger partial charge is 0.270 e. The van der Waals surface area contributed by atoms with E-state index >= 15 is 0 Å². The molecule has 0 aliphatic rings. The summed E-state index contributed by atoms with van der Waals surface area (Å²) in [7, 11) is 0. The first-order valence-electron chi connectivity index (χ1n) is 6.62. The highest BCUT2D eigenvalue weighted by atomic mass is 16.6. The Labute approximate surface area is 126 Å². The lowest BCUT2D eigenvalue weighted by Crippen LogP contribution is -1.95. The van der Waals surface area contributed by atoms with Gasteiger partial charge in [-0.2, -0.15) is 5.26 Å². The highest BCUT2D eigenvalue weighted by Gasteiger charge is 2.11. The Kier molecular flexibility index (Phi) is 3.24. The van der Waals surface area contributed by atoms with E-state index in [1.165, 1.54) is 12.1 Å². The third kappa shape index (κ3) is 2.47. The van der Waals surface area contributed by atoms with Gasteiger partial charge in [0.1, 0.15) is 6.07 Å². The number of hydrogen-bond acceptors (Lipinski definition) is 4. The van der Waals surface area contributed by atoms with Crippen molar-refractivity contribution in [3.63, 3.8) is 0 Å². The van der Waals surface area contributed by atoms with Crippen molar-refractivity contribution in [2.24, 2.45) is 0 Å². The van der Waals surface area contributed by atoms with Gasteiger partial charge in [-0.1, -0.05) is 0 Å². The maximum Gasteiger partial charge on any atom is 0.270 e. The average molecular weight is 292 g/mol. The number of nitro groups is 1. The van der Waals surface area contributed by atoms with Gasteiger partial charge in [0.2, 0.25) is 0 Å². The fourth-order valence-electron chi connectivity index (χ4n) is 2.36. The third-order valence-electron chi connectivity index (χ3n) is 3.37. The molecule has 0 amide bonds. The van der Waals surface area contributed by atoms with Crippen molar-refractivity contribution in [2.75, 3.05) is 5.32 Å². The SMILES string of the molecule is Cc1cc2cc(Nc3ccc([N+](=O)[O-])cc3C#N)ccc2[nH]1. The van der Waals surface area contributed by atoms with E-state index in [-0.39, 0.29) is 11.3 Å². The summed E-state index contributed by atoms with van der Waals surface area (Å²) in [5, 5.41) is 24.1. The number of nitriles is 1. The molecule has 2 aromatic carbocycles. The van der Waals surface area contributed by atoms with Crippen LogP contribution in [0.2, 0.25) is 0 Å². The van der Waals surface area contributed by atoms with Crippen LogP contribution in [-0.2, 0) is 0 Å². The number of aromatic amines is 1. The molecule has 2 N–H and O–H groups in total. The second-order valence-electron chi connectivity index (χ2n) is 4.98. The Morgan fingerprint density at radius 1 is 1.23 bits per heavy atom. The second kappa shape index (κ2) is 5.22. The lowest BCUT2D eigenvalue weighted by Gasteiger charge is -2.08. The first kappa shape index (κ1) is 13.6. The number of non-ortho nitro benzene ring substituents is 1. The Hall–Kier alpha value is -3.33. The predicted molar refractivity (Wildman–Crippen MR) is 84.1 cm³/mol. The first-order valence-corrected chi connectivity index (χ1v) is 6.62. The van der Waals surface area contributed by atoms with Crippen molar-refractivity contribution in [3.05, 3.63) is 63.8 Å². The lowest BCUT2D eigenvalue weighted by atomic mass is 10.1. The van der Waals surface area contributed by atoms with Gasteiger partial charge in [0.15, 0.2) is 0 Å². The van der Waals surface area contributed by atoms with Crippen LogP contribution in [0.5, 0.6) is 0 Å². The molecule has 3 rings (SSSR count). The molecule has 6 nitrogen and oxygen atoms in total. The predicted octanol–water partition coefficient (Wildman–Crippen LogP) is 4.00. The van der Waals surface area contributed by atoms with Crippen LogP contribution in [0, 0.1) is 28.4 Å². The molecule has 108 valence electrons. The molecule has 3 aromatic rings. The van der Waals surface area contributed by atoms with E-state index in [9.17, 15) is 10.1 Å². The molecule has 1 heterocycles. The van der Waals surface area contributed by atoms with E-state index in [2.05, 4.69) is 10.3 Å². The van der Waals surface area contributed by atoms with Crippen molar-refractivity contribution in [3.8, 4) is 6.07 Å². The molecule has 0 fully saturated rings. The molecule has 0 saturated heterocycles. The number of H-pyrrole nitrogens is 1. The van der Waals surface area contributed by atoms with Crippen molar-refractivity contribution in [2.45, 2.75) is 6.92 Å². The standard InChI is InChI=1S/C16H12N4O2/c1-10-6-11-7-13(2-4-15(11)18-10)19-16-5-3-14(20(21)22)8-12(16)9-17/h2-8,18-19H,1H3. The summed E-state index contributed by atoms with van der Waals surface area (Å²) < 4.78 is 0. The van der Waals surface area contributed by atoms with Gasteiger partial charge in [-0.05, 0) is 37.3 Å². The van der Waals surface area contributed by atoms with Gasteiger partial charge in [0, 0.05) is 34.4 Å². The molecular formula is C16H12N4O2. The number of hydrogen-bond donors (Lipinski definition) is 2. The largest absolute Gasteiger partial charge is 0.359 e. The number of nitro benzene ring substituents is 1. The summed E-state index contributed by atoms with van der Waals surface area (Å²) in [4.78, 5) is 13.5. The molecule has 0 atom stereocenters. The molecule has 0 spiro atoms.